The summed E-state index contributed by atoms with van der Waals surface area (Å²) in [6.07, 6.45) is 5.79. The molecule has 0 aliphatic heterocycles. The molecule has 1 atom stereocenters. The van der Waals surface area contributed by atoms with E-state index in [0.29, 0.717) is 12.6 Å². The summed E-state index contributed by atoms with van der Waals surface area (Å²) < 4.78 is 0. The van der Waals surface area contributed by atoms with Crippen molar-refractivity contribution in [2.24, 2.45) is 11.1 Å². The van der Waals surface area contributed by atoms with Gasteiger partial charge in [0, 0.05) is 19.2 Å². The molecule has 1 amide bonds. The standard InChI is InChI=1S/C12H24N2O2/c1-10(5-4-8-15)14-9-12(11(13)16)6-2-3-7-12/h10,14-15H,2-9H2,1H3,(H2,13,16). The Morgan fingerprint density at radius 1 is 1.50 bits per heavy atom. The first-order valence-electron chi connectivity index (χ1n) is 6.25. The van der Waals surface area contributed by atoms with Crippen LogP contribution in [-0.2, 0) is 4.79 Å². The third-order valence-corrected chi connectivity index (χ3v) is 3.67. The van der Waals surface area contributed by atoms with Crippen LogP contribution in [0.5, 0.6) is 0 Å². The van der Waals surface area contributed by atoms with E-state index in [4.69, 9.17) is 10.8 Å². The number of hydrogen-bond acceptors (Lipinski definition) is 3. The molecule has 1 fully saturated rings. The molecule has 0 bridgehead atoms. The lowest BCUT2D eigenvalue weighted by molar-refractivity contribution is -0.127. The molecule has 0 saturated heterocycles. The molecule has 0 radical (unpaired) electrons. The van der Waals surface area contributed by atoms with Crippen LogP contribution in [0.15, 0.2) is 0 Å². The van der Waals surface area contributed by atoms with E-state index in [1.165, 1.54) is 0 Å². The van der Waals surface area contributed by atoms with E-state index in [-0.39, 0.29) is 17.9 Å². The van der Waals surface area contributed by atoms with Crippen LogP contribution in [0.4, 0.5) is 0 Å². The fraction of sp³-hybridized carbons (Fsp3) is 0.917. The van der Waals surface area contributed by atoms with Crippen molar-refractivity contribution in [3.63, 3.8) is 0 Å². The normalized spacial score (nSPS) is 20.9. The Hall–Kier alpha value is -0.610. The first kappa shape index (κ1) is 13.5. The average Bonchev–Trinajstić information content (AvgIpc) is 2.73. The molecule has 1 rings (SSSR count). The number of rotatable bonds is 7. The molecule has 94 valence electrons. The van der Waals surface area contributed by atoms with Crippen molar-refractivity contribution in [2.75, 3.05) is 13.2 Å². The zero-order valence-electron chi connectivity index (χ0n) is 10.2. The maximum absolute atomic E-state index is 11.5. The van der Waals surface area contributed by atoms with Crippen LogP contribution in [-0.4, -0.2) is 30.2 Å². The molecule has 4 nitrogen and oxygen atoms in total. The summed E-state index contributed by atoms with van der Waals surface area (Å²) in [5.74, 6) is -0.160. The summed E-state index contributed by atoms with van der Waals surface area (Å²) in [7, 11) is 0. The van der Waals surface area contributed by atoms with Crippen molar-refractivity contribution in [1.82, 2.24) is 5.32 Å². The van der Waals surface area contributed by atoms with Gasteiger partial charge in [0.1, 0.15) is 0 Å². The second-order valence-electron chi connectivity index (χ2n) is 5.00. The molecule has 1 unspecified atom stereocenters. The van der Waals surface area contributed by atoms with E-state index in [1.54, 1.807) is 0 Å². The molecule has 4 N–H and O–H groups in total. The summed E-state index contributed by atoms with van der Waals surface area (Å²) >= 11 is 0. The highest BCUT2D eigenvalue weighted by Crippen LogP contribution is 2.37. The van der Waals surface area contributed by atoms with Gasteiger partial charge in [-0.2, -0.15) is 0 Å². The highest BCUT2D eigenvalue weighted by atomic mass is 16.2. The highest BCUT2D eigenvalue weighted by molar-refractivity contribution is 5.81. The Labute approximate surface area is 97.6 Å². The SMILES string of the molecule is CC(CCCO)NCC1(C(N)=O)CCCC1. The monoisotopic (exact) mass is 228 g/mol. The lowest BCUT2D eigenvalue weighted by Crippen LogP contribution is -2.45. The van der Waals surface area contributed by atoms with E-state index >= 15 is 0 Å². The van der Waals surface area contributed by atoms with Gasteiger partial charge in [-0.05, 0) is 32.6 Å². The first-order chi connectivity index (χ1) is 7.60. The van der Waals surface area contributed by atoms with Gasteiger partial charge in [-0.25, -0.2) is 0 Å². The molecular weight excluding hydrogens is 204 g/mol. The molecule has 0 aromatic rings. The van der Waals surface area contributed by atoms with Gasteiger partial charge in [0.25, 0.3) is 0 Å². The van der Waals surface area contributed by atoms with Gasteiger partial charge in [0.15, 0.2) is 0 Å². The van der Waals surface area contributed by atoms with Gasteiger partial charge in [-0.15, -0.1) is 0 Å². The molecular formula is C12H24N2O2. The van der Waals surface area contributed by atoms with Crippen molar-refractivity contribution in [3.8, 4) is 0 Å². The van der Waals surface area contributed by atoms with E-state index in [1.807, 2.05) is 0 Å². The minimum atomic E-state index is -0.312. The Bertz CT molecular complexity index is 225. The smallest absolute Gasteiger partial charge is 0.224 e. The molecule has 1 aliphatic carbocycles. The third kappa shape index (κ3) is 3.46. The van der Waals surface area contributed by atoms with Gasteiger partial charge >= 0.3 is 0 Å². The van der Waals surface area contributed by atoms with Crippen molar-refractivity contribution < 1.29 is 9.90 Å². The molecule has 16 heavy (non-hydrogen) atoms. The van der Waals surface area contributed by atoms with E-state index in [9.17, 15) is 4.79 Å². The first-order valence-corrected chi connectivity index (χ1v) is 6.25. The number of aliphatic hydroxyl groups excluding tert-OH is 1. The Kier molecular flexibility index (Phi) is 5.22. The maximum atomic E-state index is 11.5. The van der Waals surface area contributed by atoms with Crippen LogP contribution in [0.25, 0.3) is 0 Å². The summed E-state index contributed by atoms with van der Waals surface area (Å²) in [5.41, 5.74) is 5.19. The van der Waals surface area contributed by atoms with Gasteiger partial charge in [0.2, 0.25) is 5.91 Å². The molecule has 0 heterocycles. The predicted molar refractivity (Wildman–Crippen MR) is 63.9 cm³/mol. The number of aliphatic hydroxyl groups is 1. The van der Waals surface area contributed by atoms with Crippen LogP contribution in [0.2, 0.25) is 0 Å². The molecule has 0 aromatic carbocycles. The second kappa shape index (κ2) is 6.21. The highest BCUT2D eigenvalue weighted by Gasteiger charge is 2.39. The van der Waals surface area contributed by atoms with Crippen LogP contribution in [0.3, 0.4) is 0 Å². The minimum Gasteiger partial charge on any atom is -0.396 e. The van der Waals surface area contributed by atoms with Crippen LogP contribution in [0.1, 0.15) is 45.4 Å². The number of nitrogens with two attached hydrogens (primary N) is 1. The number of amides is 1. The third-order valence-electron chi connectivity index (χ3n) is 3.67. The quantitative estimate of drug-likeness (QED) is 0.603. The lowest BCUT2D eigenvalue weighted by Gasteiger charge is -2.27. The topological polar surface area (TPSA) is 75.3 Å². The van der Waals surface area contributed by atoms with Gasteiger partial charge in [-0.3, -0.25) is 4.79 Å². The summed E-state index contributed by atoms with van der Waals surface area (Å²) in [6.45, 7) is 3.00. The van der Waals surface area contributed by atoms with Gasteiger partial charge in [-0.1, -0.05) is 12.8 Å². The zero-order chi connectivity index (χ0) is 12.0. The Balaban J connectivity index is 2.36. The lowest BCUT2D eigenvalue weighted by atomic mass is 9.85. The van der Waals surface area contributed by atoms with E-state index in [2.05, 4.69) is 12.2 Å². The zero-order valence-corrected chi connectivity index (χ0v) is 10.2. The molecule has 1 aliphatic rings. The molecule has 1 saturated carbocycles. The van der Waals surface area contributed by atoms with Gasteiger partial charge in [0.05, 0.1) is 5.41 Å². The number of hydrogen-bond donors (Lipinski definition) is 3. The van der Waals surface area contributed by atoms with Crippen molar-refractivity contribution in [1.29, 1.82) is 0 Å². The predicted octanol–water partition coefficient (Wildman–Crippen LogP) is 0.783. The molecule has 0 aromatic heterocycles. The van der Waals surface area contributed by atoms with Crippen molar-refractivity contribution in [3.05, 3.63) is 0 Å². The number of carbonyl (C=O) groups excluding carboxylic acids is 1. The summed E-state index contributed by atoms with van der Waals surface area (Å²) in [5, 5.41) is 12.1. The second-order valence-corrected chi connectivity index (χ2v) is 5.00. The fourth-order valence-corrected chi connectivity index (χ4v) is 2.43. The van der Waals surface area contributed by atoms with E-state index in [0.717, 1.165) is 38.5 Å². The number of primary amides is 1. The summed E-state index contributed by atoms with van der Waals surface area (Å²) in [6, 6.07) is 0.337. The number of nitrogens with one attached hydrogen (secondary N) is 1. The Morgan fingerprint density at radius 3 is 2.62 bits per heavy atom. The van der Waals surface area contributed by atoms with Crippen LogP contribution < -0.4 is 11.1 Å². The van der Waals surface area contributed by atoms with Crippen molar-refractivity contribution >= 4 is 5.91 Å². The van der Waals surface area contributed by atoms with Crippen molar-refractivity contribution in [2.45, 2.75) is 51.5 Å². The van der Waals surface area contributed by atoms with Crippen LogP contribution in [0, 0.1) is 5.41 Å². The minimum absolute atomic E-state index is 0.160. The Morgan fingerprint density at radius 2 is 2.12 bits per heavy atom. The van der Waals surface area contributed by atoms with E-state index < -0.39 is 0 Å². The molecule has 0 spiro atoms. The largest absolute Gasteiger partial charge is 0.396 e. The van der Waals surface area contributed by atoms with Crippen LogP contribution >= 0.6 is 0 Å². The average molecular weight is 228 g/mol. The summed E-state index contributed by atoms with van der Waals surface area (Å²) in [4.78, 5) is 11.5. The maximum Gasteiger partial charge on any atom is 0.224 e. The molecule has 4 heteroatoms. The fourth-order valence-electron chi connectivity index (χ4n) is 2.43. The number of carbonyl (C=O) groups is 1. The van der Waals surface area contributed by atoms with Gasteiger partial charge < -0.3 is 16.2 Å².